The second-order valence-electron chi connectivity index (χ2n) is 2.61. The molecule has 0 aliphatic carbocycles. The monoisotopic (exact) mass is 164 g/mol. The van der Waals surface area contributed by atoms with Crippen molar-refractivity contribution >= 4 is 0 Å². The molecule has 2 N–H and O–H groups in total. The standard InChI is InChI=1S/C9H9FN2/c1-6-4-7(10)2-3-8(6)9(12)5-11/h2-4,9H,12H2,1H3. The summed E-state index contributed by atoms with van der Waals surface area (Å²) in [5.74, 6) is -0.304. The molecule has 0 heterocycles. The number of nitriles is 1. The number of rotatable bonds is 1. The summed E-state index contributed by atoms with van der Waals surface area (Å²) in [7, 11) is 0. The van der Waals surface area contributed by atoms with Gasteiger partial charge in [-0.05, 0) is 30.2 Å². The van der Waals surface area contributed by atoms with E-state index in [-0.39, 0.29) is 5.82 Å². The van der Waals surface area contributed by atoms with Gasteiger partial charge in [0.2, 0.25) is 0 Å². The Morgan fingerprint density at radius 3 is 2.75 bits per heavy atom. The molecule has 1 aromatic rings. The van der Waals surface area contributed by atoms with Crippen LogP contribution in [0.3, 0.4) is 0 Å². The van der Waals surface area contributed by atoms with Crippen LogP contribution in [-0.4, -0.2) is 0 Å². The number of nitrogens with two attached hydrogens (primary N) is 1. The minimum absolute atomic E-state index is 0.304. The highest BCUT2D eigenvalue weighted by Gasteiger charge is 2.07. The summed E-state index contributed by atoms with van der Waals surface area (Å²) in [5.41, 5.74) is 6.85. The summed E-state index contributed by atoms with van der Waals surface area (Å²) in [6, 6.07) is 5.45. The molecular weight excluding hydrogens is 155 g/mol. The Labute approximate surface area is 70.4 Å². The van der Waals surface area contributed by atoms with Crippen molar-refractivity contribution < 1.29 is 4.39 Å². The van der Waals surface area contributed by atoms with Crippen LogP contribution >= 0.6 is 0 Å². The Morgan fingerprint density at radius 2 is 2.25 bits per heavy atom. The number of hydrogen-bond acceptors (Lipinski definition) is 2. The first-order valence-corrected chi connectivity index (χ1v) is 3.56. The number of halogens is 1. The summed E-state index contributed by atoms with van der Waals surface area (Å²) < 4.78 is 12.6. The molecule has 2 nitrogen and oxygen atoms in total. The van der Waals surface area contributed by atoms with Crippen molar-refractivity contribution in [3.63, 3.8) is 0 Å². The highest BCUT2D eigenvalue weighted by Crippen LogP contribution is 2.15. The lowest BCUT2D eigenvalue weighted by molar-refractivity contribution is 0.625. The van der Waals surface area contributed by atoms with Crippen LogP contribution in [0, 0.1) is 24.1 Å². The maximum atomic E-state index is 12.6. The molecule has 0 aliphatic rings. The van der Waals surface area contributed by atoms with E-state index in [0.717, 1.165) is 0 Å². The van der Waals surface area contributed by atoms with Crippen LogP contribution in [0.2, 0.25) is 0 Å². The predicted molar refractivity (Wildman–Crippen MR) is 43.7 cm³/mol. The van der Waals surface area contributed by atoms with Gasteiger partial charge >= 0.3 is 0 Å². The lowest BCUT2D eigenvalue weighted by atomic mass is 10.0. The van der Waals surface area contributed by atoms with E-state index in [1.54, 1.807) is 13.0 Å². The highest BCUT2D eigenvalue weighted by atomic mass is 19.1. The second-order valence-corrected chi connectivity index (χ2v) is 2.61. The van der Waals surface area contributed by atoms with Crippen molar-refractivity contribution in [2.75, 3.05) is 0 Å². The van der Waals surface area contributed by atoms with E-state index in [1.807, 2.05) is 6.07 Å². The molecule has 0 radical (unpaired) electrons. The molecule has 12 heavy (non-hydrogen) atoms. The van der Waals surface area contributed by atoms with Crippen LogP contribution in [0.4, 0.5) is 4.39 Å². The molecule has 0 amide bonds. The summed E-state index contributed by atoms with van der Waals surface area (Å²) in [4.78, 5) is 0. The molecule has 0 bridgehead atoms. The molecule has 1 unspecified atom stereocenters. The SMILES string of the molecule is Cc1cc(F)ccc1C(N)C#N. The van der Waals surface area contributed by atoms with E-state index in [9.17, 15) is 4.39 Å². The van der Waals surface area contributed by atoms with Gasteiger partial charge in [0, 0.05) is 0 Å². The van der Waals surface area contributed by atoms with E-state index >= 15 is 0 Å². The van der Waals surface area contributed by atoms with Gasteiger partial charge in [-0.25, -0.2) is 4.39 Å². The first-order chi connectivity index (χ1) is 5.65. The second kappa shape index (κ2) is 3.33. The minimum atomic E-state index is -0.661. The first-order valence-electron chi connectivity index (χ1n) is 3.56. The fourth-order valence-corrected chi connectivity index (χ4v) is 1.06. The van der Waals surface area contributed by atoms with Gasteiger partial charge < -0.3 is 5.73 Å². The van der Waals surface area contributed by atoms with Gasteiger partial charge in [0.05, 0.1) is 6.07 Å². The van der Waals surface area contributed by atoms with Gasteiger partial charge in [-0.3, -0.25) is 0 Å². The van der Waals surface area contributed by atoms with Gasteiger partial charge in [-0.2, -0.15) is 5.26 Å². The Bertz CT molecular complexity index is 328. The largest absolute Gasteiger partial charge is 0.312 e. The Balaban J connectivity index is 3.11. The maximum Gasteiger partial charge on any atom is 0.123 e. The van der Waals surface area contributed by atoms with E-state index in [4.69, 9.17) is 11.0 Å². The molecule has 1 atom stereocenters. The first kappa shape index (κ1) is 8.69. The van der Waals surface area contributed by atoms with E-state index in [2.05, 4.69) is 0 Å². The summed E-state index contributed by atoms with van der Waals surface area (Å²) in [6.07, 6.45) is 0. The molecule has 0 saturated heterocycles. The molecule has 0 spiro atoms. The topological polar surface area (TPSA) is 49.8 Å². The third kappa shape index (κ3) is 1.60. The number of hydrogen-bond donors (Lipinski definition) is 1. The van der Waals surface area contributed by atoms with Crippen molar-refractivity contribution in [2.45, 2.75) is 13.0 Å². The zero-order valence-corrected chi connectivity index (χ0v) is 6.71. The fraction of sp³-hybridized carbons (Fsp3) is 0.222. The summed E-state index contributed by atoms with van der Waals surface area (Å²) in [6.45, 7) is 1.73. The maximum absolute atomic E-state index is 12.6. The smallest absolute Gasteiger partial charge is 0.123 e. The van der Waals surface area contributed by atoms with Crippen molar-refractivity contribution in [3.05, 3.63) is 35.1 Å². The molecule has 3 heteroatoms. The van der Waals surface area contributed by atoms with Crippen LogP contribution in [0.25, 0.3) is 0 Å². The summed E-state index contributed by atoms with van der Waals surface area (Å²) in [5, 5.41) is 8.51. The minimum Gasteiger partial charge on any atom is -0.312 e. The van der Waals surface area contributed by atoms with E-state index in [1.165, 1.54) is 12.1 Å². The Hall–Kier alpha value is -1.40. The number of benzene rings is 1. The molecule has 0 fully saturated rings. The zero-order chi connectivity index (χ0) is 9.14. The summed E-state index contributed by atoms with van der Waals surface area (Å²) >= 11 is 0. The zero-order valence-electron chi connectivity index (χ0n) is 6.71. The number of nitrogens with zero attached hydrogens (tertiary/aromatic N) is 1. The molecule has 0 saturated carbocycles. The van der Waals surface area contributed by atoms with Crippen molar-refractivity contribution in [1.82, 2.24) is 0 Å². The van der Waals surface area contributed by atoms with Gasteiger partial charge in [0.1, 0.15) is 11.9 Å². The normalized spacial score (nSPS) is 12.2. The molecule has 0 aliphatic heterocycles. The molecule has 62 valence electrons. The van der Waals surface area contributed by atoms with E-state index in [0.29, 0.717) is 11.1 Å². The Kier molecular flexibility index (Phi) is 2.41. The average molecular weight is 164 g/mol. The Morgan fingerprint density at radius 1 is 1.58 bits per heavy atom. The van der Waals surface area contributed by atoms with Crippen LogP contribution in [0.1, 0.15) is 17.2 Å². The van der Waals surface area contributed by atoms with Gasteiger partial charge in [-0.1, -0.05) is 6.07 Å². The number of aryl methyl sites for hydroxylation is 1. The van der Waals surface area contributed by atoms with Crippen LogP contribution < -0.4 is 5.73 Å². The fourth-order valence-electron chi connectivity index (χ4n) is 1.06. The molecule has 0 aromatic heterocycles. The average Bonchev–Trinajstić information content (AvgIpc) is 2.03. The highest BCUT2D eigenvalue weighted by molar-refractivity contribution is 5.32. The van der Waals surface area contributed by atoms with E-state index < -0.39 is 6.04 Å². The van der Waals surface area contributed by atoms with Crippen LogP contribution in [0.15, 0.2) is 18.2 Å². The third-order valence-electron chi connectivity index (χ3n) is 1.71. The van der Waals surface area contributed by atoms with Gasteiger partial charge in [0.25, 0.3) is 0 Å². The van der Waals surface area contributed by atoms with Crippen molar-refractivity contribution in [1.29, 1.82) is 5.26 Å². The van der Waals surface area contributed by atoms with Crippen LogP contribution in [0.5, 0.6) is 0 Å². The quantitative estimate of drug-likeness (QED) is 0.686. The van der Waals surface area contributed by atoms with Gasteiger partial charge in [-0.15, -0.1) is 0 Å². The molecular formula is C9H9FN2. The predicted octanol–water partition coefficient (Wildman–Crippen LogP) is 1.66. The lowest BCUT2D eigenvalue weighted by Gasteiger charge is -2.06. The van der Waals surface area contributed by atoms with Crippen molar-refractivity contribution in [2.24, 2.45) is 5.73 Å². The van der Waals surface area contributed by atoms with Gasteiger partial charge in [0.15, 0.2) is 0 Å². The molecule has 1 aromatic carbocycles. The van der Waals surface area contributed by atoms with Crippen molar-refractivity contribution in [3.8, 4) is 6.07 Å². The third-order valence-corrected chi connectivity index (χ3v) is 1.71. The van der Waals surface area contributed by atoms with Crippen LogP contribution in [-0.2, 0) is 0 Å². The molecule has 1 rings (SSSR count). The lowest BCUT2D eigenvalue weighted by Crippen LogP contribution is -2.08.